The zero-order valence-corrected chi connectivity index (χ0v) is 23.2. The van der Waals surface area contributed by atoms with Gasteiger partial charge in [-0.25, -0.2) is 4.79 Å². The molecule has 0 aliphatic heterocycles. The first-order valence-corrected chi connectivity index (χ1v) is 14.2. The molecule has 4 aromatic rings. The second-order valence-corrected chi connectivity index (χ2v) is 10.5. The maximum atomic E-state index is 13.3. The Morgan fingerprint density at radius 3 is 2.10 bits per heavy atom. The smallest absolute Gasteiger partial charge is 0.322 e. The molecule has 0 unspecified atom stereocenters. The molecule has 206 valence electrons. The minimum Gasteiger partial charge on any atom is -0.497 e. The van der Waals surface area contributed by atoms with Gasteiger partial charge in [0.2, 0.25) is 0 Å². The van der Waals surface area contributed by atoms with Gasteiger partial charge in [0.15, 0.2) is 0 Å². The number of anilines is 1. The first-order valence-electron chi connectivity index (χ1n) is 14.2. The molecular weight excluding hydrogens is 496 g/mol. The number of amides is 2. The number of hydrogen-bond acceptors (Lipinski definition) is 4. The van der Waals surface area contributed by atoms with E-state index in [0.29, 0.717) is 19.1 Å². The van der Waals surface area contributed by atoms with Gasteiger partial charge in [-0.2, -0.15) is 0 Å². The monoisotopic (exact) mass is 534 g/mol. The average Bonchev–Trinajstić information content (AvgIpc) is 3.02. The number of pyridine rings is 1. The fourth-order valence-electron chi connectivity index (χ4n) is 5.20. The zero-order valence-electron chi connectivity index (χ0n) is 23.2. The average molecular weight is 535 g/mol. The molecule has 0 saturated heterocycles. The van der Waals surface area contributed by atoms with Gasteiger partial charge in [0.05, 0.1) is 7.11 Å². The van der Waals surface area contributed by atoms with Gasteiger partial charge in [-0.05, 0) is 71.0 Å². The molecule has 1 fully saturated rings. The lowest BCUT2D eigenvalue weighted by atomic mass is 9.95. The lowest BCUT2D eigenvalue weighted by Crippen LogP contribution is -2.34. The summed E-state index contributed by atoms with van der Waals surface area (Å²) in [5.41, 5.74) is 6.43. The van der Waals surface area contributed by atoms with E-state index in [9.17, 15) is 4.79 Å². The molecular formula is C34H38N4O2. The largest absolute Gasteiger partial charge is 0.497 e. The van der Waals surface area contributed by atoms with E-state index < -0.39 is 0 Å². The van der Waals surface area contributed by atoms with Crippen molar-refractivity contribution in [2.24, 2.45) is 0 Å². The van der Waals surface area contributed by atoms with Crippen molar-refractivity contribution in [3.8, 4) is 16.9 Å². The summed E-state index contributed by atoms with van der Waals surface area (Å²) in [5.74, 6) is 0.746. The van der Waals surface area contributed by atoms with Crippen molar-refractivity contribution in [1.82, 2.24) is 15.2 Å². The molecule has 1 heterocycles. The van der Waals surface area contributed by atoms with Gasteiger partial charge in [-0.1, -0.05) is 73.9 Å². The number of hydrogen-bond donors (Lipinski definition) is 2. The summed E-state index contributed by atoms with van der Waals surface area (Å²) < 4.78 is 5.23. The Morgan fingerprint density at radius 1 is 0.825 bits per heavy atom. The highest BCUT2D eigenvalue weighted by Gasteiger charge is 2.16. The fraction of sp³-hybridized carbons (Fsp3) is 0.294. The predicted molar refractivity (Wildman–Crippen MR) is 161 cm³/mol. The Balaban J connectivity index is 1.23. The number of ether oxygens (including phenoxy) is 1. The highest BCUT2D eigenvalue weighted by molar-refractivity contribution is 5.89. The van der Waals surface area contributed by atoms with E-state index >= 15 is 0 Å². The minimum absolute atomic E-state index is 0.171. The van der Waals surface area contributed by atoms with Crippen molar-refractivity contribution >= 4 is 11.7 Å². The Hall–Kier alpha value is -4.16. The van der Waals surface area contributed by atoms with E-state index in [4.69, 9.17) is 4.74 Å². The molecule has 2 N–H and O–H groups in total. The summed E-state index contributed by atoms with van der Waals surface area (Å²) in [4.78, 5) is 19.3. The van der Waals surface area contributed by atoms with Crippen LogP contribution in [-0.2, 0) is 19.6 Å². The lowest BCUT2D eigenvalue weighted by Gasteiger charge is -2.23. The van der Waals surface area contributed by atoms with Gasteiger partial charge in [-0.3, -0.25) is 4.98 Å². The van der Waals surface area contributed by atoms with Crippen LogP contribution in [0.1, 0.15) is 48.8 Å². The van der Waals surface area contributed by atoms with Crippen molar-refractivity contribution in [2.75, 3.05) is 12.4 Å². The number of rotatable bonds is 10. The normalized spacial score (nSPS) is 13.5. The molecule has 1 aromatic heterocycles. The maximum Gasteiger partial charge on any atom is 0.322 e. The third-order valence-electron chi connectivity index (χ3n) is 7.54. The molecule has 1 aliphatic carbocycles. The Morgan fingerprint density at radius 2 is 1.48 bits per heavy atom. The van der Waals surface area contributed by atoms with Crippen LogP contribution >= 0.6 is 0 Å². The molecule has 0 bridgehead atoms. The third kappa shape index (κ3) is 7.70. The van der Waals surface area contributed by atoms with Gasteiger partial charge >= 0.3 is 6.03 Å². The van der Waals surface area contributed by atoms with Crippen LogP contribution in [-0.4, -0.2) is 29.1 Å². The highest BCUT2D eigenvalue weighted by atomic mass is 16.5. The summed E-state index contributed by atoms with van der Waals surface area (Å²) in [5, 5.41) is 6.74. The van der Waals surface area contributed by atoms with Crippen molar-refractivity contribution in [1.29, 1.82) is 0 Å². The molecule has 40 heavy (non-hydrogen) atoms. The summed E-state index contributed by atoms with van der Waals surface area (Å²) in [6.45, 7) is 1.85. The van der Waals surface area contributed by atoms with E-state index in [-0.39, 0.29) is 6.03 Å². The van der Waals surface area contributed by atoms with E-state index in [1.54, 1.807) is 24.4 Å². The standard InChI is InChI=1S/C34H38N4O2/c1-40-33-19-17-32(18-20-33)37-34(39)38(25-28-6-5-21-35-22-28)24-27-11-15-30(16-12-27)29-13-9-26(10-14-29)23-36-31-7-3-2-4-8-31/h5-6,9-22,31,36H,2-4,7-8,23-25H2,1H3,(H,37,39). The van der Waals surface area contributed by atoms with Crippen LogP contribution in [0.4, 0.5) is 10.5 Å². The Kier molecular flexibility index (Phi) is 9.43. The van der Waals surface area contributed by atoms with Crippen LogP contribution in [0.25, 0.3) is 11.1 Å². The molecule has 1 aliphatic rings. The molecule has 2 amide bonds. The van der Waals surface area contributed by atoms with E-state index in [0.717, 1.165) is 34.7 Å². The first kappa shape index (κ1) is 27.4. The maximum absolute atomic E-state index is 13.3. The molecule has 3 aromatic carbocycles. The van der Waals surface area contributed by atoms with E-state index in [1.807, 2.05) is 36.4 Å². The molecule has 6 heteroatoms. The fourth-order valence-corrected chi connectivity index (χ4v) is 5.20. The molecule has 0 spiro atoms. The molecule has 0 radical (unpaired) electrons. The first-order chi connectivity index (χ1) is 19.7. The zero-order chi connectivity index (χ0) is 27.6. The van der Waals surface area contributed by atoms with Crippen molar-refractivity contribution in [3.05, 3.63) is 114 Å². The second kappa shape index (κ2) is 13.8. The Labute approximate surface area is 237 Å². The van der Waals surface area contributed by atoms with Gasteiger partial charge in [0, 0.05) is 43.8 Å². The number of aromatic nitrogens is 1. The topological polar surface area (TPSA) is 66.5 Å². The van der Waals surface area contributed by atoms with Crippen LogP contribution in [0.2, 0.25) is 0 Å². The number of carbonyl (C=O) groups excluding carboxylic acids is 1. The summed E-state index contributed by atoms with van der Waals surface area (Å²) >= 11 is 0. The number of nitrogens with zero attached hydrogens (tertiary/aromatic N) is 2. The van der Waals surface area contributed by atoms with Crippen LogP contribution in [0, 0.1) is 0 Å². The van der Waals surface area contributed by atoms with E-state index in [2.05, 4.69) is 64.1 Å². The number of urea groups is 1. The number of methoxy groups -OCH3 is 1. The van der Waals surface area contributed by atoms with Crippen LogP contribution < -0.4 is 15.4 Å². The predicted octanol–water partition coefficient (Wildman–Crippen LogP) is 7.41. The van der Waals surface area contributed by atoms with Gasteiger partial charge in [-0.15, -0.1) is 0 Å². The third-order valence-corrected chi connectivity index (χ3v) is 7.54. The minimum atomic E-state index is -0.171. The SMILES string of the molecule is COc1ccc(NC(=O)N(Cc2ccc(-c3ccc(CNC4CCCCC4)cc3)cc2)Cc2cccnc2)cc1. The van der Waals surface area contributed by atoms with Crippen molar-refractivity contribution in [2.45, 2.75) is 57.8 Å². The van der Waals surface area contributed by atoms with Crippen molar-refractivity contribution in [3.63, 3.8) is 0 Å². The van der Waals surface area contributed by atoms with Crippen LogP contribution in [0.3, 0.4) is 0 Å². The van der Waals surface area contributed by atoms with E-state index in [1.165, 1.54) is 43.2 Å². The highest BCUT2D eigenvalue weighted by Crippen LogP contribution is 2.23. The number of benzene rings is 3. The quantitative estimate of drug-likeness (QED) is 0.222. The van der Waals surface area contributed by atoms with Gasteiger partial charge < -0.3 is 20.3 Å². The lowest BCUT2D eigenvalue weighted by molar-refractivity contribution is 0.206. The molecule has 1 saturated carbocycles. The molecule has 5 rings (SSSR count). The second-order valence-electron chi connectivity index (χ2n) is 10.5. The summed E-state index contributed by atoms with van der Waals surface area (Å²) in [7, 11) is 1.62. The van der Waals surface area contributed by atoms with Gasteiger partial charge in [0.25, 0.3) is 0 Å². The van der Waals surface area contributed by atoms with Gasteiger partial charge in [0.1, 0.15) is 5.75 Å². The number of nitrogens with one attached hydrogen (secondary N) is 2. The van der Waals surface area contributed by atoms with Crippen LogP contribution in [0.15, 0.2) is 97.3 Å². The summed E-state index contributed by atoms with van der Waals surface area (Å²) in [6, 6.07) is 29.0. The number of carbonyl (C=O) groups is 1. The van der Waals surface area contributed by atoms with Crippen molar-refractivity contribution < 1.29 is 9.53 Å². The molecule has 0 atom stereocenters. The Bertz CT molecular complexity index is 1330. The van der Waals surface area contributed by atoms with Crippen LogP contribution in [0.5, 0.6) is 5.75 Å². The molecule has 6 nitrogen and oxygen atoms in total. The summed E-state index contributed by atoms with van der Waals surface area (Å²) in [6.07, 6.45) is 10.2.